The lowest BCUT2D eigenvalue weighted by Crippen LogP contribution is -2.53. The van der Waals surface area contributed by atoms with Gasteiger partial charge in [-0.25, -0.2) is 4.79 Å². The maximum absolute atomic E-state index is 12.3. The summed E-state index contributed by atoms with van der Waals surface area (Å²) in [7, 11) is 0. The van der Waals surface area contributed by atoms with Gasteiger partial charge in [-0.1, -0.05) is 19.1 Å². The molecule has 1 heterocycles. The Labute approximate surface area is 167 Å². The highest BCUT2D eigenvalue weighted by Crippen LogP contribution is 2.21. The van der Waals surface area contributed by atoms with Crippen LogP contribution in [-0.2, 0) is 11.3 Å². The Morgan fingerprint density at radius 1 is 1.24 bits per heavy atom. The van der Waals surface area contributed by atoms with Gasteiger partial charge in [0, 0.05) is 32.7 Å². The first kappa shape index (κ1) is 22.3. The molecular weight excluding hydrogens is 389 g/mol. The molecule has 0 radical (unpaired) electrons. The topological polar surface area (TPSA) is 85.7 Å². The van der Waals surface area contributed by atoms with Crippen molar-refractivity contribution in [1.82, 2.24) is 15.1 Å². The van der Waals surface area contributed by atoms with Crippen LogP contribution in [0.25, 0.3) is 0 Å². The number of urea groups is 1. The highest BCUT2D eigenvalue weighted by molar-refractivity contribution is 5.78. The number of nitrogens with one attached hydrogen (secondary N) is 1. The Balaban J connectivity index is 1.81. The van der Waals surface area contributed by atoms with E-state index in [1.165, 1.54) is 4.90 Å². The number of hydrogen-bond donors (Lipinski definition) is 1. The first-order valence-electron chi connectivity index (χ1n) is 9.24. The number of amides is 3. The van der Waals surface area contributed by atoms with Crippen LogP contribution in [0.1, 0.15) is 25.3 Å². The molecule has 2 rings (SSSR count). The molecule has 1 unspecified atom stereocenters. The molecule has 1 aromatic carbocycles. The molecule has 1 saturated heterocycles. The predicted molar refractivity (Wildman–Crippen MR) is 97.8 cm³/mol. The number of halogens is 3. The molecule has 0 bridgehead atoms. The Kier molecular flexibility index (Phi) is 7.70. The van der Waals surface area contributed by atoms with E-state index in [4.69, 9.17) is 10.00 Å². The monoisotopic (exact) mass is 412 g/mol. The van der Waals surface area contributed by atoms with Crippen LogP contribution in [0.4, 0.5) is 18.0 Å². The molecule has 0 aliphatic carbocycles. The number of hydrogen-bond acceptors (Lipinski definition) is 4. The number of nitriles is 1. The third-order valence-corrected chi connectivity index (χ3v) is 4.41. The minimum Gasteiger partial charge on any atom is -0.476 e. The van der Waals surface area contributed by atoms with E-state index >= 15 is 0 Å². The molecule has 0 spiro atoms. The molecule has 0 saturated carbocycles. The minimum absolute atomic E-state index is 0.0677. The molecule has 158 valence electrons. The summed E-state index contributed by atoms with van der Waals surface area (Å²) in [5.74, 6) is -0.445. The zero-order chi connectivity index (χ0) is 21.4. The summed E-state index contributed by atoms with van der Waals surface area (Å²) < 4.78 is 42.5. The summed E-state index contributed by atoms with van der Waals surface area (Å²) in [5.41, 5.74) is 0.780. The summed E-state index contributed by atoms with van der Waals surface area (Å²) in [6.07, 6.45) is -6.01. The SMILES string of the molecule is CCC(C#N)Oc1cccc(CNC(=O)N2CCN(C(=O)CC(F)(F)F)CC2)c1. The summed E-state index contributed by atoms with van der Waals surface area (Å²) in [5, 5.41) is 11.7. The lowest BCUT2D eigenvalue weighted by Gasteiger charge is -2.34. The second-order valence-corrected chi connectivity index (χ2v) is 6.61. The van der Waals surface area contributed by atoms with Gasteiger partial charge in [-0.2, -0.15) is 18.4 Å². The van der Waals surface area contributed by atoms with Crippen LogP contribution in [0, 0.1) is 11.3 Å². The van der Waals surface area contributed by atoms with E-state index < -0.39 is 24.6 Å². The average Bonchev–Trinajstić information content (AvgIpc) is 2.69. The number of piperazine rings is 1. The molecule has 10 heteroatoms. The van der Waals surface area contributed by atoms with Gasteiger partial charge < -0.3 is 19.9 Å². The summed E-state index contributed by atoms with van der Waals surface area (Å²) in [4.78, 5) is 26.5. The van der Waals surface area contributed by atoms with E-state index in [0.717, 1.165) is 10.5 Å². The van der Waals surface area contributed by atoms with E-state index in [0.29, 0.717) is 12.2 Å². The quantitative estimate of drug-likeness (QED) is 0.779. The Morgan fingerprint density at radius 3 is 2.48 bits per heavy atom. The van der Waals surface area contributed by atoms with Gasteiger partial charge >= 0.3 is 12.2 Å². The molecule has 3 amide bonds. The molecule has 0 aromatic heterocycles. The molecule has 29 heavy (non-hydrogen) atoms. The normalized spacial score (nSPS) is 15.4. The van der Waals surface area contributed by atoms with Crippen LogP contribution >= 0.6 is 0 Å². The smallest absolute Gasteiger partial charge is 0.397 e. The Morgan fingerprint density at radius 2 is 1.90 bits per heavy atom. The van der Waals surface area contributed by atoms with Crippen LogP contribution in [0.2, 0.25) is 0 Å². The minimum atomic E-state index is -4.53. The van der Waals surface area contributed by atoms with Crippen molar-refractivity contribution in [3.8, 4) is 11.8 Å². The van der Waals surface area contributed by atoms with Gasteiger partial charge in [0.2, 0.25) is 5.91 Å². The van der Waals surface area contributed by atoms with Gasteiger partial charge in [0.25, 0.3) is 0 Å². The van der Waals surface area contributed by atoms with Crippen molar-refractivity contribution in [2.24, 2.45) is 0 Å². The standard InChI is InChI=1S/C19H23F3N4O3/c1-2-15(12-23)29-16-5-3-4-14(10-16)13-24-18(28)26-8-6-25(7-9-26)17(27)11-19(20,21)22/h3-5,10,15H,2,6-9,11,13H2,1H3,(H,24,28). The van der Waals surface area contributed by atoms with Crippen molar-refractivity contribution < 1.29 is 27.5 Å². The van der Waals surface area contributed by atoms with Gasteiger partial charge in [-0.05, 0) is 24.1 Å². The zero-order valence-corrected chi connectivity index (χ0v) is 16.0. The van der Waals surface area contributed by atoms with E-state index in [2.05, 4.69) is 5.32 Å². The number of carbonyl (C=O) groups excluding carboxylic acids is 2. The van der Waals surface area contributed by atoms with Crippen LogP contribution in [0.5, 0.6) is 5.75 Å². The predicted octanol–water partition coefficient (Wildman–Crippen LogP) is 2.67. The van der Waals surface area contributed by atoms with Crippen molar-refractivity contribution in [2.75, 3.05) is 26.2 Å². The van der Waals surface area contributed by atoms with E-state index in [1.54, 1.807) is 24.3 Å². The number of alkyl halides is 3. The maximum atomic E-state index is 12.3. The van der Waals surface area contributed by atoms with Crippen LogP contribution < -0.4 is 10.1 Å². The molecule has 1 aliphatic heterocycles. The highest BCUT2D eigenvalue weighted by Gasteiger charge is 2.34. The van der Waals surface area contributed by atoms with Gasteiger partial charge in [0.15, 0.2) is 6.10 Å². The van der Waals surface area contributed by atoms with Crippen LogP contribution in [0.3, 0.4) is 0 Å². The van der Waals surface area contributed by atoms with Gasteiger partial charge in [0.1, 0.15) is 18.2 Å². The van der Waals surface area contributed by atoms with Crippen LogP contribution in [-0.4, -0.2) is 60.2 Å². The van der Waals surface area contributed by atoms with Crippen molar-refractivity contribution >= 4 is 11.9 Å². The second-order valence-electron chi connectivity index (χ2n) is 6.61. The first-order chi connectivity index (χ1) is 13.7. The molecule has 1 N–H and O–H groups in total. The lowest BCUT2D eigenvalue weighted by molar-refractivity contribution is -0.162. The van der Waals surface area contributed by atoms with Gasteiger partial charge in [-0.15, -0.1) is 0 Å². The largest absolute Gasteiger partial charge is 0.476 e. The van der Waals surface area contributed by atoms with Crippen molar-refractivity contribution in [3.63, 3.8) is 0 Å². The third-order valence-electron chi connectivity index (χ3n) is 4.41. The fourth-order valence-corrected chi connectivity index (χ4v) is 2.83. The fourth-order valence-electron chi connectivity index (χ4n) is 2.83. The fraction of sp³-hybridized carbons (Fsp3) is 0.526. The number of nitrogens with zero attached hydrogens (tertiary/aromatic N) is 3. The van der Waals surface area contributed by atoms with E-state index in [1.807, 2.05) is 13.0 Å². The maximum Gasteiger partial charge on any atom is 0.397 e. The van der Waals surface area contributed by atoms with Gasteiger partial charge in [-0.3, -0.25) is 4.79 Å². The Bertz CT molecular complexity index is 756. The molecule has 1 aliphatic rings. The van der Waals surface area contributed by atoms with Crippen molar-refractivity contribution in [2.45, 2.75) is 38.6 Å². The summed E-state index contributed by atoms with van der Waals surface area (Å²) in [6, 6.07) is 8.70. The summed E-state index contributed by atoms with van der Waals surface area (Å²) >= 11 is 0. The molecule has 1 atom stereocenters. The third kappa shape index (κ3) is 7.18. The number of carbonyl (C=O) groups is 2. The molecule has 1 aromatic rings. The average molecular weight is 412 g/mol. The molecule has 7 nitrogen and oxygen atoms in total. The number of rotatable bonds is 6. The van der Waals surface area contributed by atoms with E-state index in [9.17, 15) is 22.8 Å². The number of benzene rings is 1. The molecule has 1 fully saturated rings. The van der Waals surface area contributed by atoms with Crippen molar-refractivity contribution in [3.05, 3.63) is 29.8 Å². The Hall–Kier alpha value is -2.96. The first-order valence-corrected chi connectivity index (χ1v) is 9.24. The lowest BCUT2D eigenvalue weighted by atomic mass is 10.2. The van der Waals surface area contributed by atoms with E-state index in [-0.39, 0.29) is 38.8 Å². The van der Waals surface area contributed by atoms with Gasteiger partial charge in [0.05, 0.1) is 0 Å². The second kappa shape index (κ2) is 10.0. The van der Waals surface area contributed by atoms with Crippen LogP contribution in [0.15, 0.2) is 24.3 Å². The van der Waals surface area contributed by atoms with Crippen molar-refractivity contribution in [1.29, 1.82) is 5.26 Å². The molecular formula is C19H23F3N4O3. The highest BCUT2D eigenvalue weighted by atomic mass is 19.4. The summed E-state index contributed by atoms with van der Waals surface area (Å²) in [6.45, 7) is 2.54. The zero-order valence-electron chi connectivity index (χ0n) is 16.0. The number of ether oxygens (including phenoxy) is 1.